The van der Waals surface area contributed by atoms with Gasteiger partial charge >= 0.3 is 0 Å². The summed E-state index contributed by atoms with van der Waals surface area (Å²) in [5.41, 5.74) is 1.67. The Morgan fingerprint density at radius 1 is 1.05 bits per heavy atom. The van der Waals surface area contributed by atoms with Gasteiger partial charge in [-0.1, -0.05) is 0 Å². The minimum Gasteiger partial charge on any atom is -0.497 e. The summed E-state index contributed by atoms with van der Waals surface area (Å²) in [5.74, 6) is 0.947. The van der Waals surface area contributed by atoms with Gasteiger partial charge in [0, 0.05) is 6.07 Å². The predicted molar refractivity (Wildman–Crippen MR) is 78.1 cm³/mol. The third-order valence-corrected chi connectivity index (χ3v) is 4.04. The van der Waals surface area contributed by atoms with Crippen LogP contribution in [0.1, 0.15) is 0 Å². The molecule has 0 radical (unpaired) electrons. The van der Waals surface area contributed by atoms with Crippen molar-refractivity contribution >= 4 is 21.6 Å². The molecule has 0 aliphatic rings. The number of nitrogens with zero attached hydrogens (tertiary/aromatic N) is 1. The van der Waals surface area contributed by atoms with Gasteiger partial charge in [0.25, 0.3) is 0 Å². The first kappa shape index (κ1) is 12.9. The monoisotopic (exact) mass is 289 g/mol. The molecular weight excluding hydrogens is 277 g/mol. The number of thiazole rings is 1. The Morgan fingerprint density at radius 3 is 2.65 bits per heavy atom. The van der Waals surface area contributed by atoms with Gasteiger partial charge in [-0.3, -0.25) is 0 Å². The van der Waals surface area contributed by atoms with E-state index in [9.17, 15) is 4.39 Å². The lowest BCUT2D eigenvalue weighted by Gasteiger charge is -2.05. The van der Waals surface area contributed by atoms with Gasteiger partial charge in [0.1, 0.15) is 22.3 Å². The predicted octanol–water partition coefficient (Wildman–Crippen LogP) is 4.12. The third kappa shape index (κ3) is 2.20. The maximum Gasteiger partial charge on any atom is 0.132 e. The molecule has 3 rings (SSSR count). The summed E-state index contributed by atoms with van der Waals surface area (Å²) >= 11 is 1.52. The number of methoxy groups -OCH3 is 2. The summed E-state index contributed by atoms with van der Waals surface area (Å²) in [7, 11) is 3.15. The molecule has 20 heavy (non-hydrogen) atoms. The van der Waals surface area contributed by atoms with Crippen molar-refractivity contribution in [1.82, 2.24) is 4.98 Å². The summed E-state index contributed by atoms with van der Waals surface area (Å²) in [5, 5.41) is 0.796. The van der Waals surface area contributed by atoms with Gasteiger partial charge in [-0.15, -0.1) is 11.3 Å². The Labute approximate surface area is 119 Å². The minimum absolute atomic E-state index is 0.326. The Morgan fingerprint density at radius 2 is 1.90 bits per heavy atom. The van der Waals surface area contributed by atoms with Crippen LogP contribution in [0.2, 0.25) is 0 Å². The number of halogens is 1. The van der Waals surface area contributed by atoms with Gasteiger partial charge in [-0.05, 0) is 30.3 Å². The molecule has 0 saturated heterocycles. The molecule has 0 spiro atoms. The van der Waals surface area contributed by atoms with E-state index >= 15 is 0 Å². The molecule has 0 bridgehead atoms. The van der Waals surface area contributed by atoms with Crippen molar-refractivity contribution in [2.24, 2.45) is 0 Å². The summed E-state index contributed by atoms with van der Waals surface area (Å²) in [6.45, 7) is 0. The van der Waals surface area contributed by atoms with Gasteiger partial charge in [0.05, 0.1) is 30.0 Å². The maximum atomic E-state index is 13.2. The lowest BCUT2D eigenvalue weighted by Crippen LogP contribution is -1.88. The summed E-state index contributed by atoms with van der Waals surface area (Å²) in [6.07, 6.45) is 0. The SMILES string of the molecule is COc1ccc2nc(-c3ccc(F)cc3OC)sc2c1. The molecule has 1 heterocycles. The third-order valence-electron chi connectivity index (χ3n) is 2.99. The average Bonchev–Trinajstić information content (AvgIpc) is 2.89. The van der Waals surface area contributed by atoms with E-state index in [0.29, 0.717) is 5.75 Å². The number of fused-ring (bicyclic) bond motifs is 1. The molecule has 0 unspecified atom stereocenters. The van der Waals surface area contributed by atoms with Crippen LogP contribution in [-0.2, 0) is 0 Å². The minimum atomic E-state index is -0.326. The molecule has 3 nitrogen and oxygen atoms in total. The first-order valence-electron chi connectivity index (χ1n) is 6.00. The molecule has 1 aromatic heterocycles. The fraction of sp³-hybridized carbons (Fsp3) is 0.133. The van der Waals surface area contributed by atoms with E-state index in [1.54, 1.807) is 13.2 Å². The second kappa shape index (κ2) is 5.09. The Balaban J connectivity index is 2.14. The zero-order chi connectivity index (χ0) is 14.1. The number of aromatic nitrogens is 1. The number of hydrogen-bond acceptors (Lipinski definition) is 4. The topological polar surface area (TPSA) is 31.4 Å². The zero-order valence-corrected chi connectivity index (χ0v) is 11.8. The van der Waals surface area contributed by atoms with E-state index < -0.39 is 0 Å². The van der Waals surface area contributed by atoms with Crippen molar-refractivity contribution < 1.29 is 13.9 Å². The number of rotatable bonds is 3. The highest BCUT2D eigenvalue weighted by molar-refractivity contribution is 7.21. The molecule has 0 aliphatic carbocycles. The van der Waals surface area contributed by atoms with Gasteiger partial charge in [0.2, 0.25) is 0 Å². The van der Waals surface area contributed by atoms with Gasteiger partial charge in [-0.25, -0.2) is 9.37 Å². The quantitative estimate of drug-likeness (QED) is 0.727. The molecular formula is C15H12FNO2S. The standard InChI is InChI=1S/C15H12FNO2S/c1-18-10-4-6-12-14(8-10)20-15(17-12)11-5-3-9(16)7-13(11)19-2/h3-8H,1-2H3. The summed E-state index contributed by atoms with van der Waals surface area (Å²) < 4.78 is 24.7. The Hall–Kier alpha value is -2.14. The van der Waals surface area contributed by atoms with Gasteiger partial charge < -0.3 is 9.47 Å². The van der Waals surface area contributed by atoms with E-state index in [1.165, 1.54) is 30.6 Å². The molecule has 0 amide bonds. The molecule has 5 heteroatoms. The summed E-state index contributed by atoms with van der Waals surface area (Å²) in [6, 6.07) is 10.2. The molecule has 0 aliphatic heterocycles. The van der Waals surface area contributed by atoms with E-state index in [-0.39, 0.29) is 5.82 Å². The van der Waals surface area contributed by atoms with Crippen LogP contribution in [0.4, 0.5) is 4.39 Å². The van der Waals surface area contributed by atoms with Crippen LogP contribution in [0.3, 0.4) is 0 Å². The second-order valence-corrected chi connectivity index (χ2v) is 5.23. The fourth-order valence-electron chi connectivity index (χ4n) is 1.99. The van der Waals surface area contributed by atoms with Crippen LogP contribution in [0.25, 0.3) is 20.8 Å². The molecule has 102 valence electrons. The van der Waals surface area contributed by atoms with Crippen LogP contribution >= 0.6 is 11.3 Å². The van der Waals surface area contributed by atoms with Crippen LogP contribution in [0, 0.1) is 5.82 Å². The molecule has 0 atom stereocenters. The summed E-state index contributed by atoms with van der Waals surface area (Å²) in [4.78, 5) is 4.56. The Bertz CT molecular complexity index is 770. The van der Waals surface area contributed by atoms with E-state index in [2.05, 4.69) is 4.98 Å². The van der Waals surface area contributed by atoms with E-state index in [0.717, 1.165) is 26.5 Å². The van der Waals surface area contributed by atoms with Crippen molar-refractivity contribution in [3.05, 3.63) is 42.2 Å². The van der Waals surface area contributed by atoms with Crippen LogP contribution in [-0.4, -0.2) is 19.2 Å². The van der Waals surface area contributed by atoms with Gasteiger partial charge in [-0.2, -0.15) is 0 Å². The lowest BCUT2D eigenvalue weighted by atomic mass is 10.2. The van der Waals surface area contributed by atoms with Crippen molar-refractivity contribution in [3.8, 4) is 22.1 Å². The number of benzene rings is 2. The fourth-order valence-corrected chi connectivity index (χ4v) is 3.01. The second-order valence-electron chi connectivity index (χ2n) is 4.20. The molecule has 2 aromatic carbocycles. The highest BCUT2D eigenvalue weighted by Gasteiger charge is 2.12. The average molecular weight is 289 g/mol. The number of hydrogen-bond donors (Lipinski definition) is 0. The van der Waals surface area contributed by atoms with Crippen LogP contribution in [0.5, 0.6) is 11.5 Å². The van der Waals surface area contributed by atoms with E-state index in [1.807, 2.05) is 18.2 Å². The highest BCUT2D eigenvalue weighted by Crippen LogP contribution is 2.37. The lowest BCUT2D eigenvalue weighted by molar-refractivity contribution is 0.413. The largest absolute Gasteiger partial charge is 0.497 e. The van der Waals surface area contributed by atoms with Crippen molar-refractivity contribution in [2.75, 3.05) is 14.2 Å². The molecule has 3 aromatic rings. The van der Waals surface area contributed by atoms with Gasteiger partial charge in [0.15, 0.2) is 0 Å². The van der Waals surface area contributed by atoms with Crippen molar-refractivity contribution in [1.29, 1.82) is 0 Å². The zero-order valence-electron chi connectivity index (χ0n) is 11.0. The van der Waals surface area contributed by atoms with Crippen molar-refractivity contribution in [2.45, 2.75) is 0 Å². The first-order chi connectivity index (χ1) is 9.71. The van der Waals surface area contributed by atoms with Crippen molar-refractivity contribution in [3.63, 3.8) is 0 Å². The Kier molecular flexibility index (Phi) is 3.28. The molecule has 0 saturated carbocycles. The first-order valence-corrected chi connectivity index (χ1v) is 6.81. The smallest absolute Gasteiger partial charge is 0.132 e. The van der Waals surface area contributed by atoms with Crippen LogP contribution < -0.4 is 9.47 Å². The van der Waals surface area contributed by atoms with Crippen LogP contribution in [0.15, 0.2) is 36.4 Å². The molecule has 0 N–H and O–H groups in total. The van der Waals surface area contributed by atoms with E-state index in [4.69, 9.17) is 9.47 Å². The number of ether oxygens (including phenoxy) is 2. The normalized spacial score (nSPS) is 10.8. The highest BCUT2D eigenvalue weighted by atomic mass is 32.1. The molecule has 0 fully saturated rings. The maximum absolute atomic E-state index is 13.2.